The number of sulfonamides is 1. The molecule has 0 aliphatic carbocycles. The SMILES string of the molecule is Cc1cc(C)c(S(=O)(=O)N2CCc3cnc(N4CCOCC4)nc3C2)c(C)c1. The van der Waals surface area contributed by atoms with Gasteiger partial charge >= 0.3 is 0 Å². The third-order valence-electron chi connectivity index (χ3n) is 5.39. The van der Waals surface area contributed by atoms with Gasteiger partial charge in [0.15, 0.2) is 0 Å². The van der Waals surface area contributed by atoms with Gasteiger partial charge in [-0.2, -0.15) is 4.31 Å². The largest absolute Gasteiger partial charge is 0.378 e. The van der Waals surface area contributed by atoms with E-state index >= 15 is 0 Å². The zero-order chi connectivity index (χ0) is 19.9. The number of ether oxygens (including phenoxy) is 1. The highest BCUT2D eigenvalue weighted by Gasteiger charge is 2.32. The average molecular weight is 403 g/mol. The van der Waals surface area contributed by atoms with Crippen LogP contribution in [0.4, 0.5) is 5.95 Å². The first kappa shape index (κ1) is 19.3. The van der Waals surface area contributed by atoms with Crippen molar-refractivity contribution in [2.45, 2.75) is 38.6 Å². The quantitative estimate of drug-likeness (QED) is 0.782. The first-order chi connectivity index (χ1) is 13.4. The van der Waals surface area contributed by atoms with Crippen molar-refractivity contribution in [2.75, 3.05) is 37.7 Å². The summed E-state index contributed by atoms with van der Waals surface area (Å²) >= 11 is 0. The summed E-state index contributed by atoms with van der Waals surface area (Å²) in [5.74, 6) is 0.656. The summed E-state index contributed by atoms with van der Waals surface area (Å²) in [6.45, 7) is 9.27. The van der Waals surface area contributed by atoms with E-state index in [1.54, 1.807) is 4.31 Å². The van der Waals surface area contributed by atoms with E-state index in [0.29, 0.717) is 37.0 Å². The van der Waals surface area contributed by atoms with E-state index in [1.807, 2.05) is 39.1 Å². The normalized spacial score (nSPS) is 18.2. The second kappa shape index (κ2) is 7.42. The lowest BCUT2D eigenvalue weighted by Gasteiger charge is -2.31. The number of hydrogen-bond acceptors (Lipinski definition) is 6. The summed E-state index contributed by atoms with van der Waals surface area (Å²) in [6, 6.07) is 3.85. The summed E-state index contributed by atoms with van der Waals surface area (Å²) in [7, 11) is -3.58. The molecule has 0 N–H and O–H groups in total. The maximum Gasteiger partial charge on any atom is 0.243 e. The molecule has 0 saturated carbocycles. The van der Waals surface area contributed by atoms with Crippen molar-refractivity contribution < 1.29 is 13.2 Å². The van der Waals surface area contributed by atoms with E-state index in [9.17, 15) is 8.42 Å². The van der Waals surface area contributed by atoms with Gasteiger partial charge in [0.2, 0.25) is 16.0 Å². The first-order valence-electron chi connectivity index (χ1n) is 9.62. The van der Waals surface area contributed by atoms with Crippen LogP contribution in [0.15, 0.2) is 23.2 Å². The van der Waals surface area contributed by atoms with E-state index in [4.69, 9.17) is 9.72 Å². The number of nitrogens with zero attached hydrogens (tertiary/aromatic N) is 4. The van der Waals surface area contributed by atoms with E-state index in [0.717, 1.165) is 41.0 Å². The lowest BCUT2D eigenvalue weighted by atomic mass is 10.1. The molecule has 1 aromatic carbocycles. The van der Waals surface area contributed by atoms with Crippen LogP contribution in [-0.2, 0) is 27.7 Å². The molecule has 2 aliphatic rings. The van der Waals surface area contributed by atoms with Gasteiger partial charge in [-0.25, -0.2) is 18.4 Å². The van der Waals surface area contributed by atoms with Gasteiger partial charge in [0.1, 0.15) is 0 Å². The Labute approximate surface area is 166 Å². The van der Waals surface area contributed by atoms with Gasteiger partial charge in [-0.1, -0.05) is 17.7 Å². The zero-order valence-electron chi connectivity index (χ0n) is 16.6. The maximum absolute atomic E-state index is 13.4. The van der Waals surface area contributed by atoms with E-state index in [1.165, 1.54) is 0 Å². The second-order valence-electron chi connectivity index (χ2n) is 7.56. The zero-order valence-corrected chi connectivity index (χ0v) is 17.4. The fourth-order valence-electron chi connectivity index (χ4n) is 4.09. The monoisotopic (exact) mass is 402 g/mol. The molecule has 1 fully saturated rings. The van der Waals surface area contributed by atoms with Crippen molar-refractivity contribution in [3.05, 3.63) is 46.3 Å². The second-order valence-corrected chi connectivity index (χ2v) is 9.43. The van der Waals surface area contributed by atoms with Crippen LogP contribution < -0.4 is 4.90 Å². The highest BCUT2D eigenvalue weighted by molar-refractivity contribution is 7.89. The molecule has 28 heavy (non-hydrogen) atoms. The van der Waals surface area contributed by atoms with Crippen LogP contribution in [0.1, 0.15) is 27.9 Å². The molecule has 150 valence electrons. The molecule has 7 nitrogen and oxygen atoms in total. The number of anilines is 1. The highest BCUT2D eigenvalue weighted by Crippen LogP contribution is 2.29. The number of morpholine rings is 1. The van der Waals surface area contributed by atoms with Crippen LogP contribution in [0.5, 0.6) is 0 Å². The van der Waals surface area contributed by atoms with Crippen LogP contribution in [0.2, 0.25) is 0 Å². The van der Waals surface area contributed by atoms with Gasteiger partial charge in [0.05, 0.1) is 30.3 Å². The van der Waals surface area contributed by atoms with Gasteiger partial charge < -0.3 is 9.64 Å². The third-order valence-corrected chi connectivity index (χ3v) is 7.55. The standard InChI is InChI=1S/C20H26N4O3S/c1-14-10-15(2)19(16(3)11-14)28(25,26)24-5-4-17-12-21-20(22-18(17)13-24)23-6-8-27-9-7-23/h10-12H,4-9,13H2,1-3H3. The van der Waals surface area contributed by atoms with E-state index in [2.05, 4.69) is 9.88 Å². The van der Waals surface area contributed by atoms with Crippen molar-refractivity contribution in [3.63, 3.8) is 0 Å². The molecule has 0 amide bonds. The molecule has 2 aliphatic heterocycles. The Kier molecular flexibility index (Phi) is 5.11. The Hall–Kier alpha value is -2.03. The van der Waals surface area contributed by atoms with Crippen molar-refractivity contribution in [1.82, 2.24) is 14.3 Å². The molecular weight excluding hydrogens is 376 g/mol. The van der Waals surface area contributed by atoms with Gasteiger partial charge in [0, 0.05) is 25.8 Å². The molecule has 4 rings (SSSR count). The fourth-order valence-corrected chi connectivity index (χ4v) is 5.91. The molecule has 1 saturated heterocycles. The minimum absolute atomic E-state index is 0.282. The molecule has 3 heterocycles. The third kappa shape index (κ3) is 3.52. The van der Waals surface area contributed by atoms with E-state index in [-0.39, 0.29) is 6.54 Å². The van der Waals surface area contributed by atoms with Crippen molar-refractivity contribution in [2.24, 2.45) is 0 Å². The lowest BCUT2D eigenvalue weighted by Crippen LogP contribution is -2.39. The van der Waals surface area contributed by atoms with Crippen LogP contribution in [0, 0.1) is 20.8 Å². The van der Waals surface area contributed by atoms with Gasteiger partial charge in [-0.3, -0.25) is 0 Å². The van der Waals surface area contributed by atoms with E-state index < -0.39 is 10.0 Å². The van der Waals surface area contributed by atoms with Crippen molar-refractivity contribution >= 4 is 16.0 Å². The number of benzene rings is 1. The van der Waals surface area contributed by atoms with Crippen molar-refractivity contribution in [1.29, 1.82) is 0 Å². The maximum atomic E-state index is 13.4. The summed E-state index contributed by atoms with van der Waals surface area (Å²) in [5.41, 5.74) is 4.48. The summed E-state index contributed by atoms with van der Waals surface area (Å²) in [5, 5.41) is 0. The number of hydrogen-bond donors (Lipinski definition) is 0. The van der Waals surface area contributed by atoms with Crippen LogP contribution in [0.25, 0.3) is 0 Å². The Morgan fingerprint density at radius 2 is 1.71 bits per heavy atom. The summed E-state index contributed by atoms with van der Waals surface area (Å²) < 4.78 is 33.7. The number of rotatable bonds is 3. The predicted molar refractivity (Wildman–Crippen MR) is 107 cm³/mol. The Morgan fingerprint density at radius 1 is 1.04 bits per heavy atom. The number of aryl methyl sites for hydroxylation is 3. The van der Waals surface area contributed by atoms with Crippen LogP contribution in [0.3, 0.4) is 0 Å². The molecule has 1 aromatic heterocycles. The Balaban J connectivity index is 1.64. The summed E-state index contributed by atoms with van der Waals surface area (Å²) in [6.07, 6.45) is 2.47. The predicted octanol–water partition coefficient (Wildman–Crippen LogP) is 1.99. The average Bonchev–Trinajstić information content (AvgIpc) is 2.66. The van der Waals surface area contributed by atoms with Gasteiger partial charge in [-0.05, 0) is 43.9 Å². The topological polar surface area (TPSA) is 75.6 Å². The molecule has 0 spiro atoms. The number of aromatic nitrogens is 2. The van der Waals surface area contributed by atoms with Crippen LogP contribution >= 0.6 is 0 Å². The molecule has 0 atom stereocenters. The minimum atomic E-state index is -3.58. The molecular formula is C20H26N4O3S. The lowest BCUT2D eigenvalue weighted by molar-refractivity contribution is 0.122. The number of fused-ring (bicyclic) bond motifs is 1. The van der Waals surface area contributed by atoms with Crippen LogP contribution in [-0.4, -0.2) is 55.5 Å². The highest BCUT2D eigenvalue weighted by atomic mass is 32.2. The molecule has 8 heteroatoms. The molecule has 0 bridgehead atoms. The Morgan fingerprint density at radius 3 is 2.39 bits per heavy atom. The Bertz CT molecular complexity index is 978. The van der Waals surface area contributed by atoms with Crippen molar-refractivity contribution in [3.8, 4) is 0 Å². The molecule has 0 unspecified atom stereocenters. The van der Waals surface area contributed by atoms with Gasteiger partial charge in [-0.15, -0.1) is 0 Å². The molecule has 0 radical (unpaired) electrons. The fraction of sp³-hybridized carbons (Fsp3) is 0.500. The summed E-state index contributed by atoms with van der Waals surface area (Å²) in [4.78, 5) is 11.7. The smallest absolute Gasteiger partial charge is 0.243 e. The first-order valence-corrected chi connectivity index (χ1v) is 11.1. The minimum Gasteiger partial charge on any atom is -0.378 e. The van der Waals surface area contributed by atoms with Gasteiger partial charge in [0.25, 0.3) is 0 Å². The molecule has 2 aromatic rings.